The van der Waals surface area contributed by atoms with Crippen molar-refractivity contribution in [3.63, 3.8) is 0 Å². The predicted octanol–water partition coefficient (Wildman–Crippen LogP) is 1.93. The number of benzene rings is 1. The minimum atomic E-state index is -0.684. The van der Waals surface area contributed by atoms with Gasteiger partial charge in [0.05, 0.1) is 24.2 Å². The molecule has 6 nitrogen and oxygen atoms in total. The van der Waals surface area contributed by atoms with E-state index in [1.165, 1.54) is 13.2 Å². The number of methoxy groups -OCH3 is 1. The van der Waals surface area contributed by atoms with Gasteiger partial charge in [0.25, 0.3) is 5.69 Å². The Labute approximate surface area is 85.1 Å². The second-order valence-corrected chi connectivity index (χ2v) is 2.56. The van der Waals surface area contributed by atoms with Crippen LogP contribution < -0.4 is 0 Å². The molecule has 0 saturated carbocycles. The number of nitro benzene ring substituents is 1. The van der Waals surface area contributed by atoms with E-state index >= 15 is 0 Å². The minimum Gasteiger partial charge on any atom is -0.466 e. The Hall–Kier alpha value is -2.42. The van der Waals surface area contributed by atoms with Crippen molar-refractivity contribution in [3.8, 4) is 0 Å². The van der Waals surface area contributed by atoms with Gasteiger partial charge in [-0.3, -0.25) is 10.1 Å². The van der Waals surface area contributed by atoms with Gasteiger partial charge in [0.2, 0.25) is 5.69 Å². The van der Waals surface area contributed by atoms with Gasteiger partial charge in [-0.05, 0) is 0 Å². The van der Waals surface area contributed by atoms with Crippen LogP contribution in [0.15, 0.2) is 18.2 Å². The lowest BCUT2D eigenvalue weighted by molar-refractivity contribution is -0.384. The number of nitro groups is 1. The zero-order valence-electron chi connectivity index (χ0n) is 7.76. The maximum atomic E-state index is 11.1. The summed E-state index contributed by atoms with van der Waals surface area (Å²) in [6.07, 6.45) is 0. The van der Waals surface area contributed by atoms with Gasteiger partial charge in [0.1, 0.15) is 0 Å². The molecule has 1 aromatic carbocycles. The summed E-state index contributed by atoms with van der Waals surface area (Å²) in [5, 5.41) is 10.4. The van der Waals surface area contributed by atoms with E-state index in [2.05, 4.69) is 9.58 Å². The van der Waals surface area contributed by atoms with E-state index < -0.39 is 10.9 Å². The zero-order chi connectivity index (χ0) is 11.4. The second-order valence-electron chi connectivity index (χ2n) is 2.56. The largest absolute Gasteiger partial charge is 0.466 e. The summed E-state index contributed by atoms with van der Waals surface area (Å²) in [7, 11) is 1.18. The van der Waals surface area contributed by atoms with Crippen molar-refractivity contribution in [2.45, 2.75) is 0 Å². The number of hydrogen-bond acceptors (Lipinski definition) is 4. The molecule has 1 aromatic rings. The Morgan fingerprint density at radius 2 is 2.27 bits per heavy atom. The van der Waals surface area contributed by atoms with Crippen molar-refractivity contribution in [2.75, 3.05) is 7.11 Å². The summed E-state index contributed by atoms with van der Waals surface area (Å²) in [6, 6.07) is 3.40. The lowest BCUT2D eigenvalue weighted by Crippen LogP contribution is -2.01. The molecule has 6 heteroatoms. The standard InChI is InChI=1S/C9H6N2O4/c1-10-8-5-6(11(13)14)3-4-7(8)9(12)15-2/h3-5H,2H3. The quantitative estimate of drug-likeness (QED) is 0.320. The first kappa shape index (κ1) is 10.7. The Bertz CT molecular complexity index is 462. The number of rotatable bonds is 2. The lowest BCUT2D eigenvalue weighted by atomic mass is 10.1. The van der Waals surface area contributed by atoms with Crippen LogP contribution in [0, 0.1) is 16.7 Å². The third-order valence-electron chi connectivity index (χ3n) is 1.72. The Kier molecular flexibility index (Phi) is 2.98. The highest BCUT2D eigenvalue weighted by atomic mass is 16.6. The summed E-state index contributed by atoms with van der Waals surface area (Å²) in [5.74, 6) is -0.684. The SMILES string of the molecule is [C-]#[N+]c1cc([N+](=O)[O-])ccc1C(=O)OC. The van der Waals surface area contributed by atoms with Crippen molar-refractivity contribution in [1.29, 1.82) is 0 Å². The third-order valence-corrected chi connectivity index (χ3v) is 1.72. The Morgan fingerprint density at radius 1 is 1.60 bits per heavy atom. The molecule has 0 saturated heterocycles. The zero-order valence-corrected chi connectivity index (χ0v) is 7.76. The van der Waals surface area contributed by atoms with Crippen LogP contribution in [-0.4, -0.2) is 18.0 Å². The van der Waals surface area contributed by atoms with Gasteiger partial charge in [0.15, 0.2) is 0 Å². The second kappa shape index (κ2) is 4.19. The molecule has 76 valence electrons. The first-order valence-electron chi connectivity index (χ1n) is 3.84. The summed E-state index contributed by atoms with van der Waals surface area (Å²) < 4.78 is 4.43. The van der Waals surface area contributed by atoms with Crippen LogP contribution in [0.25, 0.3) is 4.85 Å². The number of nitrogens with zero attached hydrogens (tertiary/aromatic N) is 2. The van der Waals surface area contributed by atoms with Gasteiger partial charge in [-0.25, -0.2) is 9.64 Å². The molecule has 0 heterocycles. The summed E-state index contributed by atoms with van der Waals surface area (Å²) in [6.45, 7) is 6.79. The average molecular weight is 206 g/mol. The Morgan fingerprint density at radius 3 is 2.73 bits per heavy atom. The first-order chi connectivity index (χ1) is 7.10. The number of ether oxygens (including phenoxy) is 1. The van der Waals surface area contributed by atoms with Crippen molar-refractivity contribution >= 4 is 17.3 Å². The van der Waals surface area contributed by atoms with E-state index in [1.807, 2.05) is 0 Å². The highest BCUT2D eigenvalue weighted by Gasteiger charge is 2.15. The molecule has 0 spiro atoms. The highest BCUT2D eigenvalue weighted by Crippen LogP contribution is 2.25. The van der Waals surface area contributed by atoms with Crippen LogP contribution in [0.1, 0.15) is 10.4 Å². The number of carbonyl (C=O) groups is 1. The molecule has 1 rings (SSSR count). The van der Waals surface area contributed by atoms with Crippen LogP contribution in [-0.2, 0) is 4.74 Å². The third kappa shape index (κ3) is 2.08. The number of hydrogen-bond donors (Lipinski definition) is 0. The topological polar surface area (TPSA) is 73.8 Å². The van der Waals surface area contributed by atoms with Crippen molar-refractivity contribution < 1.29 is 14.5 Å². The molecule has 0 aromatic heterocycles. The van der Waals surface area contributed by atoms with Crippen LogP contribution >= 0.6 is 0 Å². The van der Waals surface area contributed by atoms with Crippen molar-refractivity contribution in [3.05, 3.63) is 45.3 Å². The van der Waals surface area contributed by atoms with Gasteiger partial charge >= 0.3 is 5.97 Å². The molecule has 0 aliphatic carbocycles. The van der Waals surface area contributed by atoms with Gasteiger partial charge < -0.3 is 4.74 Å². The highest BCUT2D eigenvalue weighted by molar-refractivity contribution is 5.96. The first-order valence-corrected chi connectivity index (χ1v) is 3.84. The fourth-order valence-corrected chi connectivity index (χ4v) is 1.01. The van der Waals surface area contributed by atoms with Gasteiger partial charge in [-0.1, -0.05) is 6.07 Å². The van der Waals surface area contributed by atoms with Crippen molar-refractivity contribution in [2.24, 2.45) is 0 Å². The minimum absolute atomic E-state index is 0.0260. The normalized spacial score (nSPS) is 9.07. The fourth-order valence-electron chi connectivity index (χ4n) is 1.01. The van der Waals surface area contributed by atoms with Gasteiger partial charge in [-0.2, -0.15) is 0 Å². The van der Waals surface area contributed by atoms with E-state index in [0.29, 0.717) is 0 Å². The summed E-state index contributed by atoms with van der Waals surface area (Å²) in [5.41, 5.74) is -0.289. The van der Waals surface area contributed by atoms with E-state index in [0.717, 1.165) is 12.1 Å². The monoisotopic (exact) mass is 206 g/mol. The Balaban J connectivity index is 3.28. The molecule has 0 fully saturated rings. The van der Waals surface area contributed by atoms with E-state index in [4.69, 9.17) is 6.57 Å². The molecule has 0 aliphatic rings. The number of non-ortho nitro benzene ring substituents is 1. The summed E-state index contributed by atoms with van der Waals surface area (Å²) >= 11 is 0. The van der Waals surface area contributed by atoms with Crippen LogP contribution in [0.4, 0.5) is 11.4 Å². The van der Waals surface area contributed by atoms with Crippen molar-refractivity contribution in [1.82, 2.24) is 0 Å². The fraction of sp³-hybridized carbons (Fsp3) is 0.111. The van der Waals surface area contributed by atoms with E-state index in [1.54, 1.807) is 0 Å². The van der Waals surface area contributed by atoms with E-state index in [-0.39, 0.29) is 16.9 Å². The molecule has 15 heavy (non-hydrogen) atoms. The molecule has 0 amide bonds. The summed E-state index contributed by atoms with van der Waals surface area (Å²) in [4.78, 5) is 23.9. The molecule has 0 unspecified atom stereocenters. The maximum Gasteiger partial charge on any atom is 0.327 e. The lowest BCUT2D eigenvalue weighted by Gasteiger charge is -2.00. The van der Waals surface area contributed by atoms with Gasteiger partial charge in [-0.15, -0.1) is 0 Å². The van der Waals surface area contributed by atoms with Gasteiger partial charge in [0, 0.05) is 12.1 Å². The molecule has 0 N–H and O–H groups in total. The predicted molar refractivity (Wildman–Crippen MR) is 50.7 cm³/mol. The average Bonchev–Trinajstić information content (AvgIpc) is 2.27. The smallest absolute Gasteiger partial charge is 0.327 e. The number of esters is 1. The van der Waals surface area contributed by atoms with Crippen LogP contribution in [0.3, 0.4) is 0 Å². The molecule has 0 atom stereocenters. The molecule has 0 radical (unpaired) electrons. The maximum absolute atomic E-state index is 11.1. The van der Waals surface area contributed by atoms with E-state index in [9.17, 15) is 14.9 Å². The van der Waals surface area contributed by atoms with Crippen LogP contribution in [0.2, 0.25) is 0 Å². The molecular weight excluding hydrogens is 200 g/mol. The molecular formula is C9H6N2O4. The van der Waals surface area contributed by atoms with Crippen LogP contribution in [0.5, 0.6) is 0 Å². The number of carbonyl (C=O) groups excluding carboxylic acids is 1. The molecule has 0 aliphatic heterocycles. The molecule has 0 bridgehead atoms.